The second kappa shape index (κ2) is 6.96. The van der Waals surface area contributed by atoms with Crippen molar-refractivity contribution in [2.24, 2.45) is 0 Å². The maximum absolute atomic E-state index is 13.1. The van der Waals surface area contributed by atoms with Gasteiger partial charge in [0.05, 0.1) is 27.6 Å². The Kier molecular flexibility index (Phi) is 5.37. The Morgan fingerprint density at radius 1 is 1.12 bits per heavy atom. The number of hydrogen-bond acceptors (Lipinski definition) is 3. The lowest BCUT2D eigenvalue weighted by Crippen LogP contribution is -2.25. The van der Waals surface area contributed by atoms with E-state index in [0.717, 1.165) is 16.6 Å². The third-order valence-electron chi connectivity index (χ3n) is 3.24. The van der Waals surface area contributed by atoms with E-state index >= 15 is 0 Å². The Morgan fingerprint density at radius 2 is 1.79 bits per heavy atom. The lowest BCUT2D eigenvalue weighted by Gasteiger charge is -2.17. The lowest BCUT2D eigenvalue weighted by atomic mass is 10.2. The third-order valence-corrected chi connectivity index (χ3v) is 5.04. The van der Waals surface area contributed by atoms with Crippen molar-refractivity contribution < 1.29 is 17.6 Å². The minimum absolute atomic E-state index is 0.0775. The number of carbonyl (C=O) groups is 1. The molecule has 2 aromatic carbocycles. The first-order valence-electron chi connectivity index (χ1n) is 6.59. The van der Waals surface area contributed by atoms with E-state index in [1.807, 2.05) is 0 Å². The summed E-state index contributed by atoms with van der Waals surface area (Å²) in [6, 6.07) is 7.99. The summed E-state index contributed by atoms with van der Waals surface area (Å²) in [4.78, 5) is 12.2. The van der Waals surface area contributed by atoms with E-state index in [-0.39, 0.29) is 15.6 Å². The van der Waals surface area contributed by atoms with Crippen LogP contribution in [0, 0.1) is 5.82 Å². The summed E-state index contributed by atoms with van der Waals surface area (Å²) >= 11 is 11.7. The average molecular weight is 391 g/mol. The number of hydrogen-bond donors (Lipinski definition) is 1. The minimum Gasteiger partial charge on any atom is -0.322 e. The zero-order valence-electron chi connectivity index (χ0n) is 12.7. The lowest BCUT2D eigenvalue weighted by molar-refractivity contribution is 0.102. The highest BCUT2D eigenvalue weighted by atomic mass is 35.5. The number of benzene rings is 2. The quantitative estimate of drug-likeness (QED) is 0.863. The second-order valence-electron chi connectivity index (χ2n) is 4.98. The highest BCUT2D eigenvalue weighted by Crippen LogP contribution is 2.26. The molecule has 0 radical (unpaired) electrons. The van der Waals surface area contributed by atoms with Crippen molar-refractivity contribution in [3.05, 3.63) is 57.8 Å². The summed E-state index contributed by atoms with van der Waals surface area (Å²) in [7, 11) is -2.06. The van der Waals surface area contributed by atoms with Gasteiger partial charge in [0.1, 0.15) is 5.82 Å². The molecule has 0 saturated heterocycles. The largest absolute Gasteiger partial charge is 0.322 e. The Morgan fingerprint density at radius 3 is 2.33 bits per heavy atom. The van der Waals surface area contributed by atoms with Gasteiger partial charge in [0.15, 0.2) is 0 Å². The molecule has 0 heterocycles. The standard InChI is InChI=1S/C15H13Cl2FN2O3S/c1-20(24(2,22)23)10-4-5-11(12(16)8-10)15(21)19-9-3-6-14(18)13(17)7-9/h3-8H,1-2H3,(H,19,21). The van der Waals surface area contributed by atoms with Crippen LogP contribution in [-0.2, 0) is 10.0 Å². The van der Waals surface area contributed by atoms with Crippen LogP contribution in [0.2, 0.25) is 10.0 Å². The molecule has 0 spiro atoms. The van der Waals surface area contributed by atoms with E-state index in [9.17, 15) is 17.6 Å². The molecule has 0 bridgehead atoms. The van der Waals surface area contributed by atoms with Gasteiger partial charge in [-0.3, -0.25) is 9.10 Å². The molecule has 0 unspecified atom stereocenters. The first-order chi connectivity index (χ1) is 11.1. The summed E-state index contributed by atoms with van der Waals surface area (Å²) in [5.74, 6) is -1.13. The summed E-state index contributed by atoms with van der Waals surface area (Å²) < 4.78 is 37.2. The zero-order valence-corrected chi connectivity index (χ0v) is 15.0. The second-order valence-corrected chi connectivity index (χ2v) is 7.81. The van der Waals surface area contributed by atoms with E-state index in [2.05, 4.69) is 5.32 Å². The summed E-state index contributed by atoms with van der Waals surface area (Å²) in [5.41, 5.74) is 0.770. The third kappa shape index (κ3) is 4.17. The van der Waals surface area contributed by atoms with Crippen molar-refractivity contribution in [2.45, 2.75) is 0 Å². The fourth-order valence-corrected chi connectivity index (χ4v) is 2.79. The van der Waals surface area contributed by atoms with Gasteiger partial charge in [0.2, 0.25) is 10.0 Å². The van der Waals surface area contributed by atoms with Gasteiger partial charge in [-0.05, 0) is 36.4 Å². The van der Waals surface area contributed by atoms with Crippen LogP contribution in [-0.4, -0.2) is 27.6 Å². The fraction of sp³-hybridized carbons (Fsp3) is 0.133. The molecule has 0 aromatic heterocycles. The Balaban J connectivity index is 2.25. The fourth-order valence-electron chi connectivity index (χ4n) is 1.85. The molecule has 128 valence electrons. The van der Waals surface area contributed by atoms with Crippen molar-refractivity contribution in [1.82, 2.24) is 0 Å². The van der Waals surface area contributed by atoms with Gasteiger partial charge in [-0.25, -0.2) is 12.8 Å². The molecular formula is C15H13Cl2FN2O3S. The minimum atomic E-state index is -3.44. The normalized spacial score (nSPS) is 11.2. The molecule has 9 heteroatoms. The number of sulfonamides is 1. The molecule has 2 rings (SSSR count). The summed E-state index contributed by atoms with van der Waals surface area (Å²) in [5, 5.41) is 2.50. The van der Waals surface area contributed by atoms with Crippen LogP contribution in [0.25, 0.3) is 0 Å². The highest BCUT2D eigenvalue weighted by Gasteiger charge is 2.16. The smallest absolute Gasteiger partial charge is 0.257 e. The molecule has 0 aliphatic heterocycles. The van der Waals surface area contributed by atoms with Crippen molar-refractivity contribution in [2.75, 3.05) is 22.9 Å². The first-order valence-corrected chi connectivity index (χ1v) is 9.20. The monoisotopic (exact) mass is 390 g/mol. The number of nitrogens with one attached hydrogen (secondary N) is 1. The summed E-state index contributed by atoms with van der Waals surface area (Å²) in [6.45, 7) is 0. The van der Waals surface area contributed by atoms with Crippen molar-refractivity contribution in [3.8, 4) is 0 Å². The van der Waals surface area contributed by atoms with E-state index < -0.39 is 21.7 Å². The molecule has 2 aromatic rings. The zero-order chi connectivity index (χ0) is 18.1. The van der Waals surface area contributed by atoms with E-state index in [0.29, 0.717) is 11.4 Å². The highest BCUT2D eigenvalue weighted by molar-refractivity contribution is 7.92. The molecule has 5 nitrogen and oxygen atoms in total. The Bertz CT molecular complexity index is 904. The number of nitrogens with zero attached hydrogens (tertiary/aromatic N) is 1. The van der Waals surface area contributed by atoms with Crippen LogP contribution in [0.1, 0.15) is 10.4 Å². The maximum atomic E-state index is 13.1. The van der Waals surface area contributed by atoms with Gasteiger partial charge in [-0.2, -0.15) is 0 Å². The average Bonchev–Trinajstić information content (AvgIpc) is 2.49. The van der Waals surface area contributed by atoms with E-state index in [1.54, 1.807) is 0 Å². The molecule has 0 fully saturated rings. The van der Waals surface area contributed by atoms with Crippen LogP contribution in [0.3, 0.4) is 0 Å². The van der Waals surface area contributed by atoms with Gasteiger partial charge in [-0.15, -0.1) is 0 Å². The molecule has 0 saturated carbocycles. The molecule has 0 atom stereocenters. The number of amides is 1. The molecule has 0 aliphatic rings. The Labute approximate surface area is 149 Å². The molecule has 0 aliphatic carbocycles. The first kappa shape index (κ1) is 18.5. The van der Waals surface area contributed by atoms with Crippen LogP contribution >= 0.6 is 23.2 Å². The van der Waals surface area contributed by atoms with Crippen LogP contribution in [0.4, 0.5) is 15.8 Å². The van der Waals surface area contributed by atoms with Crippen LogP contribution in [0.15, 0.2) is 36.4 Å². The maximum Gasteiger partial charge on any atom is 0.257 e. The van der Waals surface area contributed by atoms with Crippen LogP contribution in [0.5, 0.6) is 0 Å². The number of carbonyl (C=O) groups excluding carboxylic acids is 1. The van der Waals surface area contributed by atoms with Crippen LogP contribution < -0.4 is 9.62 Å². The summed E-state index contributed by atoms with van der Waals surface area (Å²) in [6.07, 6.45) is 1.06. The van der Waals surface area contributed by atoms with Gasteiger partial charge < -0.3 is 5.32 Å². The number of anilines is 2. The van der Waals surface area contributed by atoms with Gasteiger partial charge >= 0.3 is 0 Å². The predicted octanol–water partition coefficient (Wildman–Crippen LogP) is 3.78. The van der Waals surface area contributed by atoms with Gasteiger partial charge in [0, 0.05) is 12.7 Å². The van der Waals surface area contributed by atoms with Gasteiger partial charge in [-0.1, -0.05) is 23.2 Å². The molecule has 1 amide bonds. The molecular weight excluding hydrogens is 378 g/mol. The topological polar surface area (TPSA) is 66.5 Å². The van der Waals surface area contributed by atoms with Crippen molar-refractivity contribution in [3.63, 3.8) is 0 Å². The molecule has 24 heavy (non-hydrogen) atoms. The van der Waals surface area contributed by atoms with Crippen molar-refractivity contribution in [1.29, 1.82) is 0 Å². The van der Waals surface area contributed by atoms with Gasteiger partial charge in [0.25, 0.3) is 5.91 Å². The van der Waals surface area contributed by atoms with E-state index in [4.69, 9.17) is 23.2 Å². The number of halogens is 3. The number of rotatable bonds is 4. The SMILES string of the molecule is CN(c1ccc(C(=O)Nc2ccc(F)c(Cl)c2)c(Cl)c1)S(C)(=O)=O. The Hall–Kier alpha value is -1.83. The predicted molar refractivity (Wildman–Crippen MR) is 94.1 cm³/mol. The van der Waals surface area contributed by atoms with Crippen molar-refractivity contribution >= 4 is 50.5 Å². The molecule has 1 N–H and O–H groups in total. The van der Waals surface area contributed by atoms with E-state index in [1.165, 1.54) is 37.4 Å².